The van der Waals surface area contributed by atoms with Crippen molar-refractivity contribution in [1.29, 1.82) is 0 Å². The molecule has 3 N–H and O–H groups in total. The van der Waals surface area contributed by atoms with Crippen molar-refractivity contribution in [2.24, 2.45) is 5.73 Å². The fourth-order valence-electron chi connectivity index (χ4n) is 1.13. The zero-order valence-electron chi connectivity index (χ0n) is 9.55. The van der Waals surface area contributed by atoms with Crippen LogP contribution in [0.4, 0.5) is 0 Å². The number of thiazole rings is 1. The van der Waals surface area contributed by atoms with E-state index in [1.54, 1.807) is 0 Å². The van der Waals surface area contributed by atoms with E-state index in [9.17, 15) is 4.79 Å². The zero-order chi connectivity index (χ0) is 11.6. The predicted octanol–water partition coefficient (Wildman–Crippen LogP) is 1.23. The van der Waals surface area contributed by atoms with Gasteiger partial charge in [-0.3, -0.25) is 4.79 Å². The van der Waals surface area contributed by atoms with E-state index >= 15 is 0 Å². The standard InChI is InChI=1S/C10H17N3OS/c1-6-8(15-7(2)13-6)9(14)12-5-10(3,4)11/h5,11H2,1-4H3,(H,12,14). The first-order valence-corrected chi connectivity index (χ1v) is 5.62. The molecule has 0 aromatic carbocycles. The third-order valence-corrected chi connectivity index (χ3v) is 2.89. The smallest absolute Gasteiger partial charge is 0.263 e. The maximum atomic E-state index is 11.7. The molecule has 0 saturated carbocycles. The van der Waals surface area contributed by atoms with Gasteiger partial charge in [0.05, 0.1) is 10.7 Å². The maximum absolute atomic E-state index is 11.7. The Labute approximate surface area is 93.9 Å². The van der Waals surface area contributed by atoms with Gasteiger partial charge in [-0.2, -0.15) is 0 Å². The summed E-state index contributed by atoms with van der Waals surface area (Å²) in [6, 6.07) is 0. The molecule has 0 bridgehead atoms. The molecule has 0 atom stereocenters. The monoisotopic (exact) mass is 227 g/mol. The summed E-state index contributed by atoms with van der Waals surface area (Å²) >= 11 is 1.41. The van der Waals surface area contributed by atoms with Crippen molar-refractivity contribution in [2.45, 2.75) is 33.2 Å². The molecule has 0 aliphatic heterocycles. The van der Waals surface area contributed by atoms with Crippen LogP contribution >= 0.6 is 11.3 Å². The van der Waals surface area contributed by atoms with E-state index in [2.05, 4.69) is 10.3 Å². The summed E-state index contributed by atoms with van der Waals surface area (Å²) in [4.78, 5) is 16.6. The lowest BCUT2D eigenvalue weighted by Gasteiger charge is -2.18. The van der Waals surface area contributed by atoms with Crippen LogP contribution in [0.25, 0.3) is 0 Å². The van der Waals surface area contributed by atoms with Crippen LogP contribution in [-0.2, 0) is 0 Å². The minimum Gasteiger partial charge on any atom is -0.349 e. The first-order chi connectivity index (χ1) is 6.79. The van der Waals surface area contributed by atoms with Gasteiger partial charge in [0.1, 0.15) is 4.88 Å². The van der Waals surface area contributed by atoms with Crippen LogP contribution in [0, 0.1) is 13.8 Å². The van der Waals surface area contributed by atoms with Crippen LogP contribution in [0.1, 0.15) is 34.2 Å². The van der Waals surface area contributed by atoms with Gasteiger partial charge in [-0.05, 0) is 27.7 Å². The maximum Gasteiger partial charge on any atom is 0.263 e. The molecule has 0 radical (unpaired) electrons. The molecule has 1 heterocycles. The van der Waals surface area contributed by atoms with Gasteiger partial charge in [0, 0.05) is 12.1 Å². The van der Waals surface area contributed by atoms with Crippen molar-refractivity contribution >= 4 is 17.2 Å². The van der Waals surface area contributed by atoms with Crippen molar-refractivity contribution in [1.82, 2.24) is 10.3 Å². The molecular formula is C10H17N3OS. The summed E-state index contributed by atoms with van der Waals surface area (Å²) in [7, 11) is 0. The fraction of sp³-hybridized carbons (Fsp3) is 0.600. The van der Waals surface area contributed by atoms with Gasteiger partial charge in [-0.1, -0.05) is 0 Å². The van der Waals surface area contributed by atoms with Gasteiger partial charge < -0.3 is 11.1 Å². The number of nitrogens with zero attached hydrogens (tertiary/aromatic N) is 1. The largest absolute Gasteiger partial charge is 0.349 e. The minimum atomic E-state index is -0.386. The summed E-state index contributed by atoms with van der Waals surface area (Å²) in [5.41, 5.74) is 6.17. The summed E-state index contributed by atoms with van der Waals surface area (Å²) < 4.78 is 0. The second-order valence-electron chi connectivity index (χ2n) is 4.32. The number of amides is 1. The predicted molar refractivity (Wildman–Crippen MR) is 62.2 cm³/mol. The Morgan fingerprint density at radius 1 is 1.53 bits per heavy atom. The topological polar surface area (TPSA) is 68.0 Å². The van der Waals surface area contributed by atoms with E-state index < -0.39 is 0 Å². The Hall–Kier alpha value is -0.940. The summed E-state index contributed by atoms with van der Waals surface area (Å²) in [6.45, 7) is 7.94. The first kappa shape index (κ1) is 12.1. The summed E-state index contributed by atoms with van der Waals surface area (Å²) in [5, 5.41) is 3.71. The van der Waals surface area contributed by atoms with Gasteiger partial charge in [-0.25, -0.2) is 4.98 Å². The van der Waals surface area contributed by atoms with Crippen LogP contribution in [0.5, 0.6) is 0 Å². The van der Waals surface area contributed by atoms with Gasteiger partial charge in [0.15, 0.2) is 0 Å². The quantitative estimate of drug-likeness (QED) is 0.816. The molecule has 1 aromatic rings. The lowest BCUT2D eigenvalue weighted by Crippen LogP contribution is -2.45. The Morgan fingerprint density at radius 3 is 2.53 bits per heavy atom. The highest BCUT2D eigenvalue weighted by atomic mass is 32.1. The fourth-order valence-corrected chi connectivity index (χ4v) is 1.97. The Balaban J connectivity index is 2.66. The van der Waals surface area contributed by atoms with Crippen molar-refractivity contribution in [3.8, 4) is 0 Å². The number of aromatic nitrogens is 1. The lowest BCUT2D eigenvalue weighted by molar-refractivity contribution is 0.0949. The molecular weight excluding hydrogens is 210 g/mol. The first-order valence-electron chi connectivity index (χ1n) is 4.81. The number of carbonyl (C=O) groups is 1. The molecule has 4 nitrogen and oxygen atoms in total. The van der Waals surface area contributed by atoms with Crippen molar-refractivity contribution in [2.75, 3.05) is 6.54 Å². The van der Waals surface area contributed by atoms with Crippen LogP contribution in [0.2, 0.25) is 0 Å². The van der Waals surface area contributed by atoms with Gasteiger partial charge in [0.2, 0.25) is 0 Å². The molecule has 0 aliphatic rings. The van der Waals surface area contributed by atoms with Gasteiger partial charge in [-0.15, -0.1) is 11.3 Å². The molecule has 5 heteroatoms. The van der Waals surface area contributed by atoms with E-state index in [-0.39, 0.29) is 11.4 Å². The van der Waals surface area contributed by atoms with E-state index in [0.717, 1.165) is 10.7 Å². The summed E-state index contributed by atoms with van der Waals surface area (Å²) in [6.07, 6.45) is 0. The third-order valence-electron chi connectivity index (χ3n) is 1.81. The average molecular weight is 227 g/mol. The van der Waals surface area contributed by atoms with Gasteiger partial charge in [0.25, 0.3) is 5.91 Å². The molecule has 0 spiro atoms. The molecule has 84 valence electrons. The molecule has 0 unspecified atom stereocenters. The third kappa shape index (κ3) is 3.60. The zero-order valence-corrected chi connectivity index (χ0v) is 10.4. The van der Waals surface area contributed by atoms with Crippen LogP contribution in [0.3, 0.4) is 0 Å². The average Bonchev–Trinajstić information content (AvgIpc) is 2.40. The van der Waals surface area contributed by atoms with Crippen LogP contribution < -0.4 is 11.1 Å². The Morgan fingerprint density at radius 2 is 2.13 bits per heavy atom. The molecule has 1 amide bonds. The van der Waals surface area contributed by atoms with Crippen LogP contribution in [0.15, 0.2) is 0 Å². The van der Waals surface area contributed by atoms with E-state index in [1.807, 2.05) is 27.7 Å². The minimum absolute atomic E-state index is 0.0865. The van der Waals surface area contributed by atoms with Crippen molar-refractivity contribution in [3.05, 3.63) is 15.6 Å². The number of hydrogen-bond acceptors (Lipinski definition) is 4. The second-order valence-corrected chi connectivity index (χ2v) is 5.52. The highest BCUT2D eigenvalue weighted by Crippen LogP contribution is 2.16. The normalized spacial score (nSPS) is 11.5. The number of hydrogen-bond donors (Lipinski definition) is 2. The SMILES string of the molecule is Cc1nc(C)c(C(=O)NCC(C)(C)N)s1. The van der Waals surface area contributed by atoms with E-state index in [0.29, 0.717) is 11.4 Å². The van der Waals surface area contributed by atoms with E-state index in [1.165, 1.54) is 11.3 Å². The number of carbonyl (C=O) groups excluding carboxylic acids is 1. The highest BCUT2D eigenvalue weighted by molar-refractivity contribution is 7.13. The molecule has 0 saturated heterocycles. The molecule has 15 heavy (non-hydrogen) atoms. The highest BCUT2D eigenvalue weighted by Gasteiger charge is 2.16. The van der Waals surface area contributed by atoms with Gasteiger partial charge >= 0.3 is 0 Å². The molecule has 1 aromatic heterocycles. The summed E-state index contributed by atoms with van der Waals surface area (Å²) in [5.74, 6) is -0.0865. The Bertz CT molecular complexity index is 365. The lowest BCUT2D eigenvalue weighted by atomic mass is 10.1. The van der Waals surface area contributed by atoms with E-state index in [4.69, 9.17) is 5.73 Å². The number of nitrogens with two attached hydrogens (primary N) is 1. The van der Waals surface area contributed by atoms with Crippen molar-refractivity contribution in [3.63, 3.8) is 0 Å². The van der Waals surface area contributed by atoms with Crippen LogP contribution in [-0.4, -0.2) is 23.0 Å². The Kier molecular flexibility index (Phi) is 3.46. The number of aryl methyl sites for hydroxylation is 2. The molecule has 0 fully saturated rings. The molecule has 1 rings (SSSR count). The van der Waals surface area contributed by atoms with Crippen molar-refractivity contribution < 1.29 is 4.79 Å². The second kappa shape index (κ2) is 4.28. The molecule has 0 aliphatic carbocycles. The number of rotatable bonds is 3. The number of nitrogens with one attached hydrogen (secondary N) is 1.